The molecule has 2 aromatic rings. The third-order valence-corrected chi connectivity index (χ3v) is 3.23. The van der Waals surface area contributed by atoms with Crippen LogP contribution in [0.5, 0.6) is 0 Å². The summed E-state index contributed by atoms with van der Waals surface area (Å²) in [7, 11) is 0. The number of nitrogen functional groups attached to an aromatic ring is 1. The number of hydrogen-bond acceptors (Lipinski definition) is 3. The number of anilines is 1. The average Bonchev–Trinajstić information content (AvgIpc) is 2.71. The lowest BCUT2D eigenvalue weighted by Gasteiger charge is -2.04. The fourth-order valence-electron chi connectivity index (χ4n) is 1.38. The van der Waals surface area contributed by atoms with E-state index in [4.69, 9.17) is 17.3 Å². The highest BCUT2D eigenvalue weighted by Crippen LogP contribution is 2.32. The molecule has 2 N–H and O–H groups in total. The van der Waals surface area contributed by atoms with E-state index in [1.54, 1.807) is 11.4 Å². The minimum Gasteiger partial charge on any atom is -0.399 e. The summed E-state index contributed by atoms with van der Waals surface area (Å²) in [5.41, 5.74) is 6.90. The summed E-state index contributed by atoms with van der Waals surface area (Å²) in [6.07, 6.45) is 0.722. The summed E-state index contributed by atoms with van der Waals surface area (Å²) >= 11 is 6.93. The molecule has 0 amide bonds. The van der Waals surface area contributed by atoms with E-state index in [0.29, 0.717) is 21.7 Å². The van der Waals surface area contributed by atoms with Crippen molar-refractivity contribution in [3.8, 4) is 11.1 Å². The van der Waals surface area contributed by atoms with E-state index in [1.165, 1.54) is 23.5 Å². The van der Waals surface area contributed by atoms with Crippen molar-refractivity contribution in [1.29, 1.82) is 0 Å². The smallest absolute Gasteiger partial charge is 0.160 e. The maximum absolute atomic E-state index is 13.7. The van der Waals surface area contributed by atoms with Gasteiger partial charge in [-0.25, -0.2) is 4.39 Å². The third kappa shape index (κ3) is 1.94. The van der Waals surface area contributed by atoms with Crippen molar-refractivity contribution >= 4 is 34.9 Å². The zero-order valence-corrected chi connectivity index (χ0v) is 9.61. The fraction of sp³-hybridized carbons (Fsp3) is 0. The molecule has 1 heterocycles. The van der Waals surface area contributed by atoms with Crippen molar-refractivity contribution in [2.45, 2.75) is 0 Å². The maximum Gasteiger partial charge on any atom is 0.160 e. The number of halogens is 2. The van der Waals surface area contributed by atoms with Gasteiger partial charge in [0, 0.05) is 11.3 Å². The van der Waals surface area contributed by atoms with Gasteiger partial charge in [0.15, 0.2) is 6.29 Å². The van der Waals surface area contributed by atoms with E-state index in [9.17, 15) is 9.18 Å². The molecule has 2 nitrogen and oxygen atoms in total. The van der Waals surface area contributed by atoms with E-state index >= 15 is 0 Å². The Labute approximate surface area is 100 Å². The fourth-order valence-corrected chi connectivity index (χ4v) is 2.31. The van der Waals surface area contributed by atoms with Gasteiger partial charge >= 0.3 is 0 Å². The number of carbonyl (C=O) groups excluding carboxylic acids is 1. The molecule has 0 radical (unpaired) electrons. The first-order valence-electron chi connectivity index (χ1n) is 4.40. The molecule has 82 valence electrons. The molecule has 0 saturated heterocycles. The summed E-state index contributed by atoms with van der Waals surface area (Å²) in [4.78, 5) is 11.1. The van der Waals surface area contributed by atoms with Gasteiger partial charge in [-0.3, -0.25) is 4.79 Å². The SMILES string of the molecule is Nc1cc(Cl)c(F)c(-c2csc(C=O)c2)c1. The molecular weight excluding hydrogens is 249 g/mol. The van der Waals surface area contributed by atoms with Gasteiger partial charge in [0.1, 0.15) is 5.82 Å². The third-order valence-electron chi connectivity index (χ3n) is 2.10. The van der Waals surface area contributed by atoms with E-state index < -0.39 is 5.82 Å². The second kappa shape index (κ2) is 4.23. The molecule has 1 aromatic carbocycles. The van der Waals surface area contributed by atoms with Crippen molar-refractivity contribution in [3.63, 3.8) is 0 Å². The Morgan fingerprint density at radius 1 is 1.38 bits per heavy atom. The standard InChI is InChI=1S/C11H7ClFNOS/c12-10-3-7(14)2-9(11(10)13)6-1-8(4-15)16-5-6/h1-5H,14H2. The van der Waals surface area contributed by atoms with Crippen LogP contribution in [0.2, 0.25) is 5.02 Å². The van der Waals surface area contributed by atoms with Gasteiger partial charge in [-0.1, -0.05) is 11.6 Å². The highest BCUT2D eigenvalue weighted by Gasteiger charge is 2.11. The molecule has 0 aliphatic rings. The lowest BCUT2D eigenvalue weighted by atomic mass is 10.1. The lowest BCUT2D eigenvalue weighted by Crippen LogP contribution is -1.90. The lowest BCUT2D eigenvalue weighted by molar-refractivity contribution is 0.112. The second-order valence-corrected chi connectivity index (χ2v) is 4.57. The predicted molar refractivity (Wildman–Crippen MR) is 64.5 cm³/mol. The van der Waals surface area contributed by atoms with Gasteiger partial charge in [0.2, 0.25) is 0 Å². The van der Waals surface area contributed by atoms with E-state index in [-0.39, 0.29) is 5.02 Å². The van der Waals surface area contributed by atoms with Crippen LogP contribution < -0.4 is 5.73 Å². The topological polar surface area (TPSA) is 43.1 Å². The molecule has 0 fully saturated rings. The van der Waals surface area contributed by atoms with Gasteiger partial charge in [-0.15, -0.1) is 11.3 Å². The number of nitrogens with two attached hydrogens (primary N) is 1. The Morgan fingerprint density at radius 3 is 2.75 bits per heavy atom. The van der Waals surface area contributed by atoms with Crippen molar-refractivity contribution < 1.29 is 9.18 Å². The molecule has 0 atom stereocenters. The highest BCUT2D eigenvalue weighted by molar-refractivity contribution is 7.12. The van der Waals surface area contributed by atoms with Crippen molar-refractivity contribution in [2.75, 3.05) is 5.73 Å². The van der Waals surface area contributed by atoms with Crippen LogP contribution in [0.25, 0.3) is 11.1 Å². The van der Waals surface area contributed by atoms with E-state index in [0.717, 1.165) is 6.29 Å². The Morgan fingerprint density at radius 2 is 2.12 bits per heavy atom. The zero-order chi connectivity index (χ0) is 11.7. The normalized spacial score (nSPS) is 10.4. The van der Waals surface area contributed by atoms with Crippen LogP contribution >= 0.6 is 22.9 Å². The van der Waals surface area contributed by atoms with Gasteiger partial charge in [-0.2, -0.15) is 0 Å². The van der Waals surface area contributed by atoms with Crippen LogP contribution in [0.3, 0.4) is 0 Å². The van der Waals surface area contributed by atoms with Crippen LogP contribution in [0.4, 0.5) is 10.1 Å². The summed E-state index contributed by atoms with van der Waals surface area (Å²) < 4.78 is 13.7. The largest absolute Gasteiger partial charge is 0.399 e. The van der Waals surface area contributed by atoms with Crippen molar-refractivity contribution in [1.82, 2.24) is 0 Å². The van der Waals surface area contributed by atoms with Crippen LogP contribution in [0.15, 0.2) is 23.6 Å². The van der Waals surface area contributed by atoms with Gasteiger partial charge in [-0.05, 0) is 29.1 Å². The molecule has 2 rings (SSSR count). The first-order chi connectivity index (χ1) is 7.61. The number of benzene rings is 1. The van der Waals surface area contributed by atoms with Gasteiger partial charge in [0.25, 0.3) is 0 Å². The molecule has 5 heteroatoms. The molecule has 1 aromatic heterocycles. The molecular formula is C11H7ClFNOS. The quantitative estimate of drug-likeness (QED) is 0.658. The average molecular weight is 256 g/mol. The zero-order valence-electron chi connectivity index (χ0n) is 8.04. The van der Waals surface area contributed by atoms with Crippen LogP contribution in [-0.2, 0) is 0 Å². The molecule has 0 saturated carbocycles. The number of carbonyl (C=O) groups is 1. The highest BCUT2D eigenvalue weighted by atomic mass is 35.5. The Kier molecular flexibility index (Phi) is 2.94. The Balaban J connectivity index is 2.58. The molecule has 0 unspecified atom stereocenters. The summed E-state index contributed by atoms with van der Waals surface area (Å²) in [6.45, 7) is 0. The Bertz CT molecular complexity index is 553. The number of rotatable bonds is 2. The molecule has 0 aliphatic heterocycles. The van der Waals surface area contributed by atoms with E-state index in [2.05, 4.69) is 0 Å². The predicted octanol–water partition coefficient (Wildman–Crippen LogP) is 3.60. The van der Waals surface area contributed by atoms with Crippen LogP contribution in [0.1, 0.15) is 9.67 Å². The van der Waals surface area contributed by atoms with Crippen LogP contribution in [0, 0.1) is 5.82 Å². The summed E-state index contributed by atoms with van der Waals surface area (Å²) in [5.74, 6) is -0.522. The number of hydrogen-bond donors (Lipinski definition) is 1. The monoisotopic (exact) mass is 255 g/mol. The summed E-state index contributed by atoms with van der Waals surface area (Å²) in [5, 5.41) is 1.67. The number of aldehydes is 1. The molecule has 0 spiro atoms. The molecule has 16 heavy (non-hydrogen) atoms. The number of thiophene rings is 1. The summed E-state index contributed by atoms with van der Waals surface area (Å²) in [6, 6.07) is 4.46. The minimum atomic E-state index is -0.522. The van der Waals surface area contributed by atoms with Crippen molar-refractivity contribution in [2.24, 2.45) is 0 Å². The molecule has 0 aliphatic carbocycles. The van der Waals surface area contributed by atoms with Gasteiger partial charge in [0.05, 0.1) is 9.90 Å². The first kappa shape index (κ1) is 11.1. The maximum atomic E-state index is 13.7. The van der Waals surface area contributed by atoms with Gasteiger partial charge < -0.3 is 5.73 Å². The van der Waals surface area contributed by atoms with Crippen LogP contribution in [-0.4, -0.2) is 6.29 Å². The minimum absolute atomic E-state index is 0.0196. The molecule has 0 bridgehead atoms. The van der Waals surface area contributed by atoms with E-state index in [1.807, 2.05) is 0 Å². The van der Waals surface area contributed by atoms with Crippen molar-refractivity contribution in [3.05, 3.63) is 39.3 Å². The second-order valence-electron chi connectivity index (χ2n) is 3.22. The first-order valence-corrected chi connectivity index (χ1v) is 5.66. The Hall–Kier alpha value is -1.39.